The van der Waals surface area contributed by atoms with Crippen LogP contribution in [0, 0.1) is 0 Å². The van der Waals surface area contributed by atoms with Gasteiger partial charge in [0.15, 0.2) is 0 Å². The average Bonchev–Trinajstić information content (AvgIpc) is 2.64. The minimum atomic E-state index is -0.263. The lowest BCUT2D eigenvalue weighted by molar-refractivity contribution is -0.145. The van der Waals surface area contributed by atoms with Gasteiger partial charge in [0.25, 0.3) is 0 Å². The summed E-state index contributed by atoms with van der Waals surface area (Å²) >= 11 is 0. The second kappa shape index (κ2) is 6.89. The Balaban J connectivity index is 2.06. The summed E-state index contributed by atoms with van der Waals surface area (Å²) in [7, 11) is 0. The molecule has 0 amide bonds. The van der Waals surface area contributed by atoms with Gasteiger partial charge in [0.2, 0.25) is 0 Å². The van der Waals surface area contributed by atoms with Gasteiger partial charge in [-0.15, -0.1) is 0 Å². The maximum absolute atomic E-state index is 11.5. The molecule has 0 aromatic carbocycles. The molecule has 0 unspecified atom stereocenters. The van der Waals surface area contributed by atoms with Gasteiger partial charge >= 0.3 is 5.97 Å². The van der Waals surface area contributed by atoms with Crippen LogP contribution in [-0.4, -0.2) is 18.1 Å². The first kappa shape index (κ1) is 13.5. The number of esters is 1. The summed E-state index contributed by atoms with van der Waals surface area (Å²) in [5.74, 6) is -0.110. The van der Waals surface area contributed by atoms with E-state index in [-0.39, 0.29) is 11.5 Å². The van der Waals surface area contributed by atoms with Crippen LogP contribution in [-0.2, 0) is 9.53 Å². The molecule has 1 saturated carbocycles. The molecular weight excluding hydrogens is 202 g/mol. The lowest BCUT2D eigenvalue weighted by atomic mass is 9.95. The van der Waals surface area contributed by atoms with Crippen LogP contribution in [0.3, 0.4) is 0 Å². The van der Waals surface area contributed by atoms with Crippen LogP contribution in [0.1, 0.15) is 64.7 Å². The van der Waals surface area contributed by atoms with E-state index < -0.39 is 0 Å². The molecular formula is C13H25NO2. The summed E-state index contributed by atoms with van der Waals surface area (Å²) < 4.78 is 5.20. The largest absolute Gasteiger partial charge is 0.466 e. The Morgan fingerprint density at radius 1 is 1.25 bits per heavy atom. The molecule has 0 aliphatic heterocycles. The van der Waals surface area contributed by atoms with Crippen LogP contribution in [0.15, 0.2) is 0 Å². The fourth-order valence-electron chi connectivity index (χ4n) is 2.31. The first-order valence-corrected chi connectivity index (χ1v) is 6.61. The van der Waals surface area contributed by atoms with Gasteiger partial charge in [-0.05, 0) is 19.3 Å². The van der Waals surface area contributed by atoms with Crippen molar-refractivity contribution in [3.05, 3.63) is 0 Å². The van der Waals surface area contributed by atoms with E-state index in [0.717, 1.165) is 38.5 Å². The van der Waals surface area contributed by atoms with Gasteiger partial charge in [-0.2, -0.15) is 0 Å². The molecule has 0 bridgehead atoms. The van der Waals surface area contributed by atoms with Crippen LogP contribution < -0.4 is 5.73 Å². The summed E-state index contributed by atoms with van der Waals surface area (Å²) in [5.41, 5.74) is 5.85. The summed E-state index contributed by atoms with van der Waals surface area (Å²) in [6, 6.07) is 0. The second-order valence-corrected chi connectivity index (χ2v) is 5.03. The molecule has 1 aliphatic rings. The maximum atomic E-state index is 11.5. The molecule has 0 heterocycles. The normalized spacial score (nSPS) is 18.6. The number of ether oxygens (including phenoxy) is 1. The molecule has 3 nitrogen and oxygen atoms in total. The first-order valence-electron chi connectivity index (χ1n) is 6.61. The fraction of sp³-hybridized carbons (Fsp3) is 0.923. The van der Waals surface area contributed by atoms with Gasteiger partial charge in [-0.25, -0.2) is 0 Å². The highest BCUT2D eigenvalue weighted by Gasteiger charge is 2.32. The molecule has 2 N–H and O–H groups in total. The van der Waals surface area contributed by atoms with Gasteiger partial charge in [0, 0.05) is 5.54 Å². The zero-order valence-electron chi connectivity index (χ0n) is 10.5. The predicted molar refractivity (Wildman–Crippen MR) is 65.1 cm³/mol. The van der Waals surface area contributed by atoms with E-state index >= 15 is 0 Å². The van der Waals surface area contributed by atoms with Crippen LogP contribution in [0.5, 0.6) is 0 Å². The number of hydrogen-bond donors (Lipinski definition) is 1. The van der Waals surface area contributed by atoms with Crippen molar-refractivity contribution in [3.63, 3.8) is 0 Å². The monoisotopic (exact) mass is 227 g/mol. The van der Waals surface area contributed by atoms with Crippen molar-refractivity contribution in [2.45, 2.75) is 70.3 Å². The van der Waals surface area contributed by atoms with Crippen LogP contribution in [0.2, 0.25) is 0 Å². The zero-order valence-corrected chi connectivity index (χ0v) is 10.5. The quantitative estimate of drug-likeness (QED) is 0.537. The van der Waals surface area contributed by atoms with Gasteiger partial charge in [0.1, 0.15) is 0 Å². The Hall–Kier alpha value is -0.570. The third-order valence-electron chi connectivity index (χ3n) is 3.36. The number of nitrogens with two attached hydrogens (primary N) is 1. The molecule has 1 aliphatic carbocycles. The molecule has 3 heteroatoms. The van der Waals surface area contributed by atoms with Crippen molar-refractivity contribution in [2.24, 2.45) is 5.73 Å². The van der Waals surface area contributed by atoms with Gasteiger partial charge in [-0.1, -0.05) is 39.0 Å². The predicted octanol–water partition coefficient (Wildman–Crippen LogP) is 2.77. The van der Waals surface area contributed by atoms with Crippen molar-refractivity contribution in [3.8, 4) is 0 Å². The summed E-state index contributed by atoms with van der Waals surface area (Å²) in [6.45, 7) is 2.74. The Labute approximate surface area is 98.7 Å². The molecule has 0 aromatic heterocycles. The van der Waals surface area contributed by atoms with E-state index in [1.54, 1.807) is 0 Å². The Bertz CT molecular complexity index is 210. The topological polar surface area (TPSA) is 52.3 Å². The number of hydrogen-bond acceptors (Lipinski definition) is 3. The molecule has 0 radical (unpaired) electrons. The molecule has 0 atom stereocenters. The third kappa shape index (κ3) is 4.97. The average molecular weight is 227 g/mol. The SMILES string of the molecule is CCCCCCOC(=O)CC1(N)CCCC1. The lowest BCUT2D eigenvalue weighted by Gasteiger charge is -2.21. The minimum absolute atomic E-state index is 0.110. The second-order valence-electron chi connectivity index (χ2n) is 5.03. The molecule has 16 heavy (non-hydrogen) atoms. The van der Waals surface area contributed by atoms with Crippen molar-refractivity contribution in [1.29, 1.82) is 0 Å². The molecule has 0 aromatic rings. The Kier molecular flexibility index (Phi) is 5.81. The molecule has 1 fully saturated rings. The van der Waals surface area contributed by atoms with Crippen molar-refractivity contribution >= 4 is 5.97 Å². The number of carbonyl (C=O) groups excluding carboxylic acids is 1. The van der Waals surface area contributed by atoms with E-state index in [9.17, 15) is 4.79 Å². The Morgan fingerprint density at radius 3 is 2.56 bits per heavy atom. The highest BCUT2D eigenvalue weighted by Crippen LogP contribution is 2.30. The van der Waals surface area contributed by atoms with Crippen molar-refractivity contribution in [2.75, 3.05) is 6.61 Å². The summed E-state index contributed by atoms with van der Waals surface area (Å²) in [6.07, 6.45) is 9.21. The van der Waals surface area contributed by atoms with Crippen molar-refractivity contribution in [1.82, 2.24) is 0 Å². The smallest absolute Gasteiger partial charge is 0.307 e. The van der Waals surface area contributed by atoms with Gasteiger partial charge in [0.05, 0.1) is 13.0 Å². The van der Waals surface area contributed by atoms with E-state index in [4.69, 9.17) is 10.5 Å². The maximum Gasteiger partial charge on any atom is 0.307 e. The molecule has 94 valence electrons. The molecule has 1 rings (SSSR count). The molecule has 0 spiro atoms. The number of unbranched alkanes of at least 4 members (excludes halogenated alkanes) is 3. The fourth-order valence-corrected chi connectivity index (χ4v) is 2.31. The van der Waals surface area contributed by atoms with E-state index in [2.05, 4.69) is 6.92 Å². The van der Waals surface area contributed by atoms with Crippen molar-refractivity contribution < 1.29 is 9.53 Å². The standard InChI is InChI=1S/C13H25NO2/c1-2-3-4-7-10-16-12(15)11-13(14)8-5-6-9-13/h2-11,14H2,1H3. The van der Waals surface area contributed by atoms with Crippen LogP contribution >= 0.6 is 0 Å². The van der Waals surface area contributed by atoms with E-state index in [1.807, 2.05) is 0 Å². The third-order valence-corrected chi connectivity index (χ3v) is 3.36. The van der Waals surface area contributed by atoms with E-state index in [1.165, 1.54) is 12.8 Å². The summed E-state index contributed by atoms with van der Waals surface area (Å²) in [5, 5.41) is 0. The van der Waals surface area contributed by atoms with Gasteiger partial charge in [-0.3, -0.25) is 4.79 Å². The Morgan fingerprint density at radius 2 is 1.94 bits per heavy atom. The molecule has 0 saturated heterocycles. The van der Waals surface area contributed by atoms with Crippen LogP contribution in [0.25, 0.3) is 0 Å². The minimum Gasteiger partial charge on any atom is -0.466 e. The van der Waals surface area contributed by atoms with Crippen LogP contribution in [0.4, 0.5) is 0 Å². The summed E-state index contributed by atoms with van der Waals surface area (Å²) in [4.78, 5) is 11.5. The number of rotatable bonds is 7. The number of carbonyl (C=O) groups is 1. The highest BCUT2D eigenvalue weighted by molar-refractivity contribution is 5.70. The van der Waals surface area contributed by atoms with E-state index in [0.29, 0.717) is 13.0 Å². The first-order chi connectivity index (χ1) is 7.66. The van der Waals surface area contributed by atoms with Gasteiger partial charge < -0.3 is 10.5 Å². The zero-order chi connectivity index (χ0) is 11.9. The lowest BCUT2D eigenvalue weighted by Crippen LogP contribution is -2.39. The highest BCUT2D eigenvalue weighted by atomic mass is 16.5.